The summed E-state index contributed by atoms with van der Waals surface area (Å²) in [4.78, 5) is 29.9. The van der Waals surface area contributed by atoms with E-state index in [-0.39, 0.29) is 17.9 Å². The van der Waals surface area contributed by atoms with Gasteiger partial charge in [-0.3, -0.25) is 9.59 Å². The van der Waals surface area contributed by atoms with Crippen LogP contribution in [0, 0.1) is 0 Å². The maximum atomic E-state index is 12.4. The number of hydrogen-bond donors (Lipinski definition) is 2. The van der Waals surface area contributed by atoms with Crippen molar-refractivity contribution in [2.45, 2.75) is 32.2 Å². The predicted octanol–water partition coefficient (Wildman–Crippen LogP) is 1.04. The van der Waals surface area contributed by atoms with Gasteiger partial charge in [0.2, 0.25) is 5.91 Å². The predicted molar refractivity (Wildman–Crippen MR) is 81.3 cm³/mol. The minimum Gasteiger partial charge on any atom is -0.373 e. The highest BCUT2D eigenvalue weighted by atomic mass is 16.2. The van der Waals surface area contributed by atoms with Crippen molar-refractivity contribution in [2.24, 2.45) is 0 Å². The maximum absolute atomic E-state index is 12.4. The lowest BCUT2D eigenvalue weighted by Gasteiger charge is -2.30. The van der Waals surface area contributed by atoms with Crippen LogP contribution in [0.25, 0.3) is 0 Å². The van der Waals surface area contributed by atoms with Crippen LogP contribution >= 0.6 is 0 Å². The average molecular weight is 290 g/mol. The fraction of sp³-hybridized carbons (Fsp3) is 0.533. The fourth-order valence-electron chi connectivity index (χ4n) is 2.43. The van der Waals surface area contributed by atoms with E-state index in [4.69, 9.17) is 0 Å². The van der Waals surface area contributed by atoms with E-state index in [0.29, 0.717) is 30.8 Å². The second kappa shape index (κ2) is 6.56. The molecule has 0 bridgehead atoms. The second-order valence-corrected chi connectivity index (χ2v) is 5.32. The van der Waals surface area contributed by atoms with E-state index >= 15 is 0 Å². The molecular formula is C15H22N4O2. The Hall–Kier alpha value is -2.11. The Morgan fingerprint density at radius 2 is 2.24 bits per heavy atom. The van der Waals surface area contributed by atoms with Gasteiger partial charge < -0.3 is 15.5 Å². The molecule has 2 amide bonds. The van der Waals surface area contributed by atoms with Crippen molar-refractivity contribution in [2.75, 3.05) is 26.0 Å². The largest absolute Gasteiger partial charge is 0.373 e. The summed E-state index contributed by atoms with van der Waals surface area (Å²) in [6.07, 6.45) is 1.95. The Balaban J connectivity index is 2.08. The highest BCUT2D eigenvalue weighted by molar-refractivity contribution is 5.95. The van der Waals surface area contributed by atoms with Crippen LogP contribution in [0.5, 0.6) is 0 Å². The number of pyridine rings is 1. The van der Waals surface area contributed by atoms with Gasteiger partial charge >= 0.3 is 0 Å². The van der Waals surface area contributed by atoms with E-state index in [0.717, 1.165) is 12.1 Å². The van der Waals surface area contributed by atoms with Gasteiger partial charge in [0.15, 0.2) is 0 Å². The van der Waals surface area contributed by atoms with Gasteiger partial charge in [0.25, 0.3) is 5.91 Å². The van der Waals surface area contributed by atoms with Crippen molar-refractivity contribution < 1.29 is 9.59 Å². The van der Waals surface area contributed by atoms with Gasteiger partial charge in [-0.25, -0.2) is 4.98 Å². The van der Waals surface area contributed by atoms with Crippen molar-refractivity contribution in [1.82, 2.24) is 15.2 Å². The van der Waals surface area contributed by atoms with Crippen LogP contribution < -0.4 is 10.6 Å². The molecule has 2 heterocycles. The van der Waals surface area contributed by atoms with Gasteiger partial charge in [-0.1, -0.05) is 6.92 Å². The number of piperidine rings is 1. The van der Waals surface area contributed by atoms with E-state index in [1.54, 1.807) is 25.1 Å². The number of likely N-dealkylation sites (tertiary alicyclic amines) is 1. The molecule has 6 nitrogen and oxygen atoms in total. The summed E-state index contributed by atoms with van der Waals surface area (Å²) in [6.45, 7) is 2.57. The van der Waals surface area contributed by atoms with Gasteiger partial charge in [0, 0.05) is 44.4 Å². The molecule has 0 aromatic carbocycles. The van der Waals surface area contributed by atoms with Crippen molar-refractivity contribution in [3.8, 4) is 0 Å². The number of nitrogens with one attached hydrogen (secondary N) is 2. The number of anilines is 1. The van der Waals surface area contributed by atoms with Crippen molar-refractivity contribution in [3.63, 3.8) is 0 Å². The molecule has 21 heavy (non-hydrogen) atoms. The van der Waals surface area contributed by atoms with Crippen molar-refractivity contribution in [1.29, 1.82) is 0 Å². The van der Waals surface area contributed by atoms with E-state index in [1.807, 2.05) is 13.0 Å². The molecule has 0 aliphatic carbocycles. The molecular weight excluding hydrogens is 268 g/mol. The normalized spacial score (nSPS) is 18.5. The monoisotopic (exact) mass is 290 g/mol. The molecule has 0 spiro atoms. The Labute approximate surface area is 124 Å². The first-order chi connectivity index (χ1) is 10.0. The Kier molecular flexibility index (Phi) is 4.77. The van der Waals surface area contributed by atoms with E-state index in [9.17, 15) is 9.59 Å². The number of nitrogens with zero attached hydrogens (tertiary/aromatic N) is 2. The molecule has 0 radical (unpaired) electrons. The summed E-state index contributed by atoms with van der Waals surface area (Å²) in [6, 6.07) is 3.57. The molecule has 1 aliphatic heterocycles. The number of hydrogen-bond acceptors (Lipinski definition) is 4. The summed E-state index contributed by atoms with van der Waals surface area (Å²) in [5.41, 5.74) is 1.48. The first kappa shape index (κ1) is 15.3. The number of aromatic nitrogens is 1. The number of rotatable bonds is 4. The zero-order valence-corrected chi connectivity index (χ0v) is 12.8. The molecule has 1 saturated heterocycles. The summed E-state index contributed by atoms with van der Waals surface area (Å²) >= 11 is 0. The highest BCUT2D eigenvalue weighted by Crippen LogP contribution is 2.13. The highest BCUT2D eigenvalue weighted by Gasteiger charge is 2.24. The van der Waals surface area contributed by atoms with Crippen LogP contribution in [0.4, 0.5) is 5.82 Å². The summed E-state index contributed by atoms with van der Waals surface area (Å²) in [7, 11) is 3.55. The Morgan fingerprint density at radius 1 is 1.48 bits per heavy atom. The SMILES string of the molecule is CCc1cc(C(=O)NC2CCC(=O)N(C)C2)cc(NC)n1. The first-order valence-electron chi connectivity index (χ1n) is 7.27. The standard InChI is InChI=1S/C15H22N4O2/c1-4-11-7-10(8-13(16-2)17-11)15(21)18-12-5-6-14(20)19(3)9-12/h7-8,12H,4-6,9H2,1-3H3,(H,16,17)(H,18,21). The summed E-state index contributed by atoms with van der Waals surface area (Å²) < 4.78 is 0. The molecule has 6 heteroatoms. The van der Waals surface area contributed by atoms with Crippen LogP contribution in [-0.2, 0) is 11.2 Å². The van der Waals surface area contributed by atoms with Crippen LogP contribution in [0.2, 0.25) is 0 Å². The van der Waals surface area contributed by atoms with E-state index < -0.39 is 0 Å². The van der Waals surface area contributed by atoms with Gasteiger partial charge in [0.05, 0.1) is 0 Å². The third kappa shape index (κ3) is 3.71. The Morgan fingerprint density at radius 3 is 2.86 bits per heavy atom. The number of carbonyl (C=O) groups is 2. The molecule has 1 fully saturated rings. The van der Waals surface area contributed by atoms with Crippen LogP contribution in [0.1, 0.15) is 35.8 Å². The van der Waals surface area contributed by atoms with E-state index in [1.165, 1.54) is 0 Å². The third-order valence-electron chi connectivity index (χ3n) is 3.72. The van der Waals surface area contributed by atoms with Gasteiger partial charge in [-0.15, -0.1) is 0 Å². The summed E-state index contributed by atoms with van der Waals surface area (Å²) in [5, 5.41) is 5.97. The minimum atomic E-state index is -0.114. The molecule has 114 valence electrons. The first-order valence-corrected chi connectivity index (χ1v) is 7.27. The molecule has 1 aromatic rings. The molecule has 2 N–H and O–H groups in total. The van der Waals surface area contributed by atoms with Crippen molar-refractivity contribution >= 4 is 17.6 Å². The maximum Gasteiger partial charge on any atom is 0.251 e. The zero-order valence-electron chi connectivity index (χ0n) is 12.8. The lowest BCUT2D eigenvalue weighted by molar-refractivity contribution is -0.132. The number of aryl methyl sites for hydroxylation is 1. The lowest BCUT2D eigenvalue weighted by atomic mass is 10.0. The molecule has 1 aliphatic rings. The molecule has 1 unspecified atom stereocenters. The molecule has 1 aromatic heterocycles. The molecule has 1 atom stereocenters. The van der Waals surface area contributed by atoms with Gasteiger partial charge in [0.1, 0.15) is 5.82 Å². The number of amides is 2. The second-order valence-electron chi connectivity index (χ2n) is 5.32. The minimum absolute atomic E-state index is 0.0106. The smallest absolute Gasteiger partial charge is 0.251 e. The topological polar surface area (TPSA) is 74.3 Å². The fourth-order valence-corrected chi connectivity index (χ4v) is 2.43. The third-order valence-corrected chi connectivity index (χ3v) is 3.72. The quantitative estimate of drug-likeness (QED) is 0.869. The van der Waals surface area contributed by atoms with Crippen molar-refractivity contribution in [3.05, 3.63) is 23.4 Å². The Bertz CT molecular complexity index is 522. The summed E-state index contributed by atoms with van der Waals surface area (Å²) in [5.74, 6) is 0.710. The number of likely N-dealkylation sites (N-methyl/N-ethyl adjacent to an activating group) is 1. The lowest BCUT2D eigenvalue weighted by Crippen LogP contribution is -2.48. The number of carbonyl (C=O) groups excluding carboxylic acids is 2. The molecule has 2 rings (SSSR count). The van der Waals surface area contributed by atoms with Crippen LogP contribution in [0.15, 0.2) is 12.1 Å². The van der Waals surface area contributed by atoms with Crippen LogP contribution in [-0.4, -0.2) is 48.4 Å². The van der Waals surface area contributed by atoms with Gasteiger partial charge in [-0.05, 0) is 25.0 Å². The molecule has 0 saturated carbocycles. The van der Waals surface area contributed by atoms with Crippen LogP contribution in [0.3, 0.4) is 0 Å². The van der Waals surface area contributed by atoms with Gasteiger partial charge in [-0.2, -0.15) is 0 Å². The zero-order chi connectivity index (χ0) is 15.4. The van der Waals surface area contributed by atoms with E-state index in [2.05, 4.69) is 15.6 Å². The average Bonchev–Trinajstić information content (AvgIpc) is 2.50.